The Morgan fingerprint density at radius 2 is 2.03 bits per heavy atom. The summed E-state index contributed by atoms with van der Waals surface area (Å²) >= 11 is 6.41. The molecule has 0 saturated carbocycles. The van der Waals surface area contributed by atoms with Crippen molar-refractivity contribution in [3.8, 4) is 17.2 Å². The van der Waals surface area contributed by atoms with Gasteiger partial charge in [0.2, 0.25) is 0 Å². The third kappa shape index (κ3) is 4.82. The van der Waals surface area contributed by atoms with E-state index in [9.17, 15) is 0 Å². The van der Waals surface area contributed by atoms with Crippen molar-refractivity contribution < 1.29 is 23.7 Å². The number of methoxy groups -OCH3 is 1. The van der Waals surface area contributed by atoms with Gasteiger partial charge in [-0.05, 0) is 25.0 Å². The van der Waals surface area contributed by atoms with Crippen LogP contribution in [0.15, 0.2) is 36.7 Å². The molecular weight excluding hydrogens is 434 g/mol. The highest BCUT2D eigenvalue weighted by atomic mass is 35.5. The highest BCUT2D eigenvalue weighted by molar-refractivity contribution is 6.33. The maximum atomic E-state index is 6.41. The molecule has 3 heterocycles. The Morgan fingerprint density at radius 1 is 1.12 bits per heavy atom. The van der Waals surface area contributed by atoms with Crippen molar-refractivity contribution in [1.82, 2.24) is 9.97 Å². The van der Waals surface area contributed by atoms with Crippen LogP contribution in [0.5, 0.6) is 17.2 Å². The van der Waals surface area contributed by atoms with E-state index in [1.165, 1.54) is 6.33 Å². The molecule has 2 atom stereocenters. The van der Waals surface area contributed by atoms with Gasteiger partial charge in [0.15, 0.2) is 6.29 Å². The van der Waals surface area contributed by atoms with Crippen LogP contribution in [0.3, 0.4) is 0 Å². The Kier molecular flexibility index (Phi) is 6.16. The lowest BCUT2D eigenvalue weighted by Gasteiger charge is -2.25. The Hall–Kier alpha value is -2.81. The van der Waals surface area contributed by atoms with Crippen LogP contribution in [0.25, 0.3) is 10.9 Å². The number of halogens is 1. The van der Waals surface area contributed by atoms with Gasteiger partial charge in [0.1, 0.15) is 42.1 Å². The predicted molar refractivity (Wildman–Crippen MR) is 120 cm³/mol. The Morgan fingerprint density at radius 3 is 2.81 bits per heavy atom. The number of ether oxygens (including phenoxy) is 5. The molecule has 2 aromatic carbocycles. The van der Waals surface area contributed by atoms with Gasteiger partial charge in [-0.2, -0.15) is 0 Å². The summed E-state index contributed by atoms with van der Waals surface area (Å²) in [5, 5.41) is 4.56. The molecule has 0 radical (unpaired) electrons. The zero-order valence-corrected chi connectivity index (χ0v) is 18.4. The van der Waals surface area contributed by atoms with E-state index in [0.29, 0.717) is 52.5 Å². The first kappa shape index (κ1) is 21.1. The molecule has 2 aliphatic rings. The summed E-state index contributed by atoms with van der Waals surface area (Å²) < 4.78 is 28.6. The molecule has 3 aromatic rings. The van der Waals surface area contributed by atoms with Crippen molar-refractivity contribution in [1.29, 1.82) is 0 Å². The maximum absolute atomic E-state index is 6.41. The van der Waals surface area contributed by atoms with Gasteiger partial charge in [0.25, 0.3) is 0 Å². The molecule has 0 amide bonds. The minimum absolute atomic E-state index is 0.148. The molecule has 1 unspecified atom stereocenters. The largest absolute Gasteiger partial charge is 0.497 e. The van der Waals surface area contributed by atoms with E-state index in [0.717, 1.165) is 31.3 Å². The Bertz CT molecular complexity index is 1100. The van der Waals surface area contributed by atoms with Crippen LogP contribution < -0.4 is 19.5 Å². The topological polar surface area (TPSA) is 87.3 Å². The van der Waals surface area contributed by atoms with Gasteiger partial charge in [-0.1, -0.05) is 11.6 Å². The number of rotatable bonds is 8. The van der Waals surface area contributed by atoms with Gasteiger partial charge in [0, 0.05) is 24.6 Å². The number of fused-ring (bicyclic) bond motifs is 1. The van der Waals surface area contributed by atoms with E-state index in [1.54, 1.807) is 19.2 Å². The molecule has 5 rings (SSSR count). The lowest BCUT2D eigenvalue weighted by molar-refractivity contribution is -0.105. The third-order valence-electron chi connectivity index (χ3n) is 5.34. The van der Waals surface area contributed by atoms with Crippen LogP contribution >= 0.6 is 11.6 Å². The molecule has 2 fully saturated rings. The van der Waals surface area contributed by atoms with Crippen molar-refractivity contribution in [2.45, 2.75) is 31.7 Å². The molecule has 8 nitrogen and oxygen atoms in total. The standard InChI is InChI=1S/C23H24ClN3O5/c1-28-14-5-6-17(24)18(8-14)27-23-22-19(25-13-26-23)9-15(30-11-16-12-31-16)10-20(22)32-21-4-2-3-7-29-21/h5-6,8-10,13,16,21H,2-4,7,11-12H2,1H3,(H,25,26,27)/t16-,21?/m0/s1. The average Bonchev–Trinajstić information content (AvgIpc) is 3.64. The van der Waals surface area contributed by atoms with Crippen molar-refractivity contribution in [2.24, 2.45) is 0 Å². The number of aromatic nitrogens is 2. The molecule has 2 aliphatic heterocycles. The van der Waals surface area contributed by atoms with Crippen LogP contribution in [-0.4, -0.2) is 49.3 Å². The zero-order valence-electron chi connectivity index (χ0n) is 17.7. The van der Waals surface area contributed by atoms with Crippen molar-refractivity contribution in [2.75, 3.05) is 32.2 Å². The molecule has 0 aliphatic carbocycles. The van der Waals surface area contributed by atoms with Gasteiger partial charge in [-0.25, -0.2) is 9.97 Å². The summed E-state index contributed by atoms with van der Waals surface area (Å²) in [7, 11) is 1.61. The summed E-state index contributed by atoms with van der Waals surface area (Å²) in [6, 6.07) is 9.10. The normalized spacial score (nSPS) is 20.1. The van der Waals surface area contributed by atoms with Gasteiger partial charge in [-0.3, -0.25) is 0 Å². The van der Waals surface area contributed by atoms with E-state index in [2.05, 4.69) is 15.3 Å². The highest BCUT2D eigenvalue weighted by Gasteiger charge is 2.24. The molecule has 1 N–H and O–H groups in total. The monoisotopic (exact) mass is 457 g/mol. The number of hydrogen-bond acceptors (Lipinski definition) is 8. The molecule has 32 heavy (non-hydrogen) atoms. The lowest BCUT2D eigenvalue weighted by atomic mass is 10.1. The minimum Gasteiger partial charge on any atom is -0.497 e. The van der Waals surface area contributed by atoms with Gasteiger partial charge >= 0.3 is 0 Å². The molecule has 9 heteroatoms. The fourth-order valence-electron chi connectivity index (χ4n) is 3.55. The first-order valence-corrected chi connectivity index (χ1v) is 11.0. The number of epoxide rings is 1. The highest BCUT2D eigenvalue weighted by Crippen LogP contribution is 2.38. The number of hydrogen-bond donors (Lipinski definition) is 1. The summed E-state index contributed by atoms with van der Waals surface area (Å²) in [4.78, 5) is 8.92. The first-order valence-electron chi connectivity index (χ1n) is 10.6. The summed E-state index contributed by atoms with van der Waals surface area (Å²) in [6.07, 6.45) is 4.22. The Labute approximate surface area is 190 Å². The number of nitrogens with one attached hydrogen (secondary N) is 1. The quantitative estimate of drug-likeness (QED) is 0.486. The van der Waals surface area contributed by atoms with Crippen molar-refractivity contribution in [3.05, 3.63) is 41.7 Å². The van der Waals surface area contributed by atoms with Crippen LogP contribution in [0.1, 0.15) is 19.3 Å². The average molecular weight is 458 g/mol. The summed E-state index contributed by atoms with van der Waals surface area (Å²) in [5.74, 6) is 2.49. The summed E-state index contributed by atoms with van der Waals surface area (Å²) in [6.45, 7) is 1.89. The van der Waals surface area contributed by atoms with Gasteiger partial charge in [-0.15, -0.1) is 0 Å². The van der Waals surface area contributed by atoms with E-state index < -0.39 is 0 Å². The number of anilines is 2. The van der Waals surface area contributed by atoms with E-state index in [-0.39, 0.29) is 12.4 Å². The number of nitrogens with zero attached hydrogens (tertiary/aromatic N) is 2. The summed E-state index contributed by atoms with van der Waals surface area (Å²) in [5.41, 5.74) is 1.35. The maximum Gasteiger partial charge on any atom is 0.199 e. The van der Waals surface area contributed by atoms with Crippen LogP contribution in [0.4, 0.5) is 11.5 Å². The molecule has 0 spiro atoms. The number of benzene rings is 2. The second kappa shape index (κ2) is 9.36. The molecule has 1 aromatic heterocycles. The fourth-order valence-corrected chi connectivity index (χ4v) is 3.72. The molecular formula is C23H24ClN3O5. The molecule has 2 saturated heterocycles. The van der Waals surface area contributed by atoms with E-state index in [1.807, 2.05) is 18.2 Å². The van der Waals surface area contributed by atoms with Crippen molar-refractivity contribution >= 4 is 34.0 Å². The molecule has 0 bridgehead atoms. The SMILES string of the molecule is COc1ccc(Cl)c(Nc2ncnc3cc(OC[C@H]4CO4)cc(OC4CCCCO4)c23)c1. The second-order valence-electron chi connectivity index (χ2n) is 7.69. The smallest absolute Gasteiger partial charge is 0.199 e. The lowest BCUT2D eigenvalue weighted by Crippen LogP contribution is -2.25. The third-order valence-corrected chi connectivity index (χ3v) is 5.67. The first-order chi connectivity index (χ1) is 15.7. The van der Waals surface area contributed by atoms with E-state index >= 15 is 0 Å². The van der Waals surface area contributed by atoms with Crippen LogP contribution in [0, 0.1) is 0 Å². The van der Waals surface area contributed by atoms with Crippen molar-refractivity contribution in [3.63, 3.8) is 0 Å². The van der Waals surface area contributed by atoms with Crippen LogP contribution in [-0.2, 0) is 9.47 Å². The van der Waals surface area contributed by atoms with Crippen LogP contribution in [0.2, 0.25) is 5.02 Å². The van der Waals surface area contributed by atoms with Gasteiger partial charge < -0.3 is 29.0 Å². The van der Waals surface area contributed by atoms with E-state index in [4.69, 9.17) is 35.3 Å². The molecule has 168 valence electrons. The Balaban J connectivity index is 1.53. The second-order valence-corrected chi connectivity index (χ2v) is 8.10. The van der Waals surface area contributed by atoms with Gasteiger partial charge in [0.05, 0.1) is 41.9 Å². The zero-order chi connectivity index (χ0) is 21.9. The predicted octanol–water partition coefficient (Wildman–Crippen LogP) is 4.72. The minimum atomic E-state index is -0.331. The fraction of sp³-hybridized carbons (Fsp3) is 0.391.